The topological polar surface area (TPSA) is 69.7 Å². The van der Waals surface area contributed by atoms with Crippen molar-refractivity contribution >= 4 is 17.7 Å². The molecule has 1 aliphatic heterocycles. The molecule has 1 saturated heterocycles. The molecule has 2 rings (SSSR count). The minimum Gasteiger partial charge on any atom is -0.344 e. The molecule has 0 aromatic carbocycles. The maximum absolute atomic E-state index is 12.7. The highest BCUT2D eigenvalue weighted by molar-refractivity contribution is 5.87. The SMILES string of the molecule is CC(=O)NC(C(=O)N1CCN(C(=O)CCC2CCCC2)CC1)C(C)C. The van der Waals surface area contributed by atoms with Gasteiger partial charge in [-0.1, -0.05) is 39.5 Å². The Morgan fingerprint density at radius 3 is 2.08 bits per heavy atom. The van der Waals surface area contributed by atoms with Gasteiger partial charge >= 0.3 is 0 Å². The van der Waals surface area contributed by atoms with E-state index in [1.54, 1.807) is 4.90 Å². The molecule has 6 heteroatoms. The van der Waals surface area contributed by atoms with Crippen molar-refractivity contribution in [3.05, 3.63) is 0 Å². The lowest BCUT2D eigenvalue weighted by Crippen LogP contribution is -2.57. The summed E-state index contributed by atoms with van der Waals surface area (Å²) in [7, 11) is 0. The van der Waals surface area contributed by atoms with Crippen molar-refractivity contribution in [2.24, 2.45) is 11.8 Å². The number of nitrogens with zero attached hydrogens (tertiary/aromatic N) is 2. The van der Waals surface area contributed by atoms with Gasteiger partial charge in [-0.25, -0.2) is 0 Å². The third-order valence-electron chi connectivity index (χ3n) is 5.48. The molecule has 3 amide bonds. The predicted molar refractivity (Wildman–Crippen MR) is 96.8 cm³/mol. The molecule has 0 spiro atoms. The van der Waals surface area contributed by atoms with Gasteiger partial charge in [0.15, 0.2) is 0 Å². The summed E-state index contributed by atoms with van der Waals surface area (Å²) in [5.41, 5.74) is 0. The van der Waals surface area contributed by atoms with E-state index in [-0.39, 0.29) is 23.6 Å². The monoisotopic (exact) mass is 351 g/mol. The summed E-state index contributed by atoms with van der Waals surface area (Å²) < 4.78 is 0. The molecule has 142 valence electrons. The van der Waals surface area contributed by atoms with Crippen molar-refractivity contribution in [2.75, 3.05) is 26.2 Å². The number of carbonyl (C=O) groups excluding carboxylic acids is 3. The van der Waals surface area contributed by atoms with Crippen molar-refractivity contribution in [3.8, 4) is 0 Å². The molecule has 1 aliphatic carbocycles. The standard InChI is InChI=1S/C19H33N3O3/c1-14(2)18(20-15(3)23)19(25)22-12-10-21(11-13-22)17(24)9-8-16-6-4-5-7-16/h14,16,18H,4-13H2,1-3H3,(H,20,23). The van der Waals surface area contributed by atoms with Gasteiger partial charge < -0.3 is 15.1 Å². The number of piperazine rings is 1. The highest BCUT2D eigenvalue weighted by Crippen LogP contribution is 2.28. The second kappa shape index (κ2) is 9.20. The fourth-order valence-electron chi connectivity index (χ4n) is 3.89. The van der Waals surface area contributed by atoms with Crippen LogP contribution in [0.4, 0.5) is 0 Å². The molecule has 2 fully saturated rings. The fraction of sp³-hybridized carbons (Fsp3) is 0.842. The van der Waals surface area contributed by atoms with E-state index in [0.717, 1.165) is 12.3 Å². The Balaban J connectivity index is 1.78. The van der Waals surface area contributed by atoms with Crippen LogP contribution in [0.3, 0.4) is 0 Å². The molecule has 25 heavy (non-hydrogen) atoms. The largest absolute Gasteiger partial charge is 0.344 e. The van der Waals surface area contributed by atoms with E-state index >= 15 is 0 Å². The summed E-state index contributed by atoms with van der Waals surface area (Å²) in [6, 6.07) is -0.484. The van der Waals surface area contributed by atoms with Crippen LogP contribution in [0.25, 0.3) is 0 Å². The van der Waals surface area contributed by atoms with E-state index < -0.39 is 6.04 Å². The summed E-state index contributed by atoms with van der Waals surface area (Å²) in [5, 5.41) is 2.75. The summed E-state index contributed by atoms with van der Waals surface area (Å²) >= 11 is 0. The number of rotatable bonds is 6. The Morgan fingerprint density at radius 1 is 1.00 bits per heavy atom. The van der Waals surface area contributed by atoms with Gasteiger partial charge in [0.05, 0.1) is 0 Å². The number of amides is 3. The highest BCUT2D eigenvalue weighted by atomic mass is 16.2. The van der Waals surface area contributed by atoms with Crippen molar-refractivity contribution in [2.45, 2.75) is 65.3 Å². The van der Waals surface area contributed by atoms with Crippen molar-refractivity contribution in [1.82, 2.24) is 15.1 Å². The molecule has 1 heterocycles. The van der Waals surface area contributed by atoms with Crippen LogP contribution in [0.5, 0.6) is 0 Å². The van der Waals surface area contributed by atoms with E-state index in [1.807, 2.05) is 18.7 Å². The maximum Gasteiger partial charge on any atom is 0.245 e. The molecule has 1 unspecified atom stereocenters. The van der Waals surface area contributed by atoms with Crippen molar-refractivity contribution < 1.29 is 14.4 Å². The molecular weight excluding hydrogens is 318 g/mol. The van der Waals surface area contributed by atoms with Gasteiger partial charge in [0.25, 0.3) is 0 Å². The number of carbonyl (C=O) groups is 3. The first kappa shape index (κ1) is 19.7. The van der Waals surface area contributed by atoms with Crippen LogP contribution in [0.15, 0.2) is 0 Å². The van der Waals surface area contributed by atoms with E-state index in [4.69, 9.17) is 0 Å². The summed E-state index contributed by atoms with van der Waals surface area (Å²) in [4.78, 5) is 40.0. The lowest BCUT2D eigenvalue weighted by Gasteiger charge is -2.37. The maximum atomic E-state index is 12.7. The lowest BCUT2D eigenvalue weighted by atomic mass is 10.0. The first-order valence-corrected chi connectivity index (χ1v) is 9.72. The molecule has 6 nitrogen and oxygen atoms in total. The molecule has 1 N–H and O–H groups in total. The highest BCUT2D eigenvalue weighted by Gasteiger charge is 2.31. The van der Waals surface area contributed by atoms with Gasteiger partial charge in [0.1, 0.15) is 6.04 Å². The Hall–Kier alpha value is -1.59. The van der Waals surface area contributed by atoms with Crippen molar-refractivity contribution in [3.63, 3.8) is 0 Å². The second-order valence-electron chi connectivity index (χ2n) is 7.82. The molecule has 0 bridgehead atoms. The molecule has 1 saturated carbocycles. The Bertz CT molecular complexity index is 478. The summed E-state index contributed by atoms with van der Waals surface area (Å²) in [6.07, 6.45) is 6.82. The van der Waals surface area contributed by atoms with Crippen LogP contribution in [-0.4, -0.2) is 59.7 Å². The predicted octanol–water partition coefficient (Wildman–Crippen LogP) is 1.79. The smallest absolute Gasteiger partial charge is 0.245 e. The summed E-state index contributed by atoms with van der Waals surface area (Å²) in [6.45, 7) is 7.60. The van der Waals surface area contributed by atoms with Gasteiger partial charge in [-0.15, -0.1) is 0 Å². The molecule has 1 atom stereocenters. The third kappa shape index (κ3) is 5.72. The van der Waals surface area contributed by atoms with E-state index in [9.17, 15) is 14.4 Å². The minimum atomic E-state index is -0.484. The molecule has 0 aromatic heterocycles. The lowest BCUT2D eigenvalue weighted by molar-refractivity contribution is -0.142. The normalized spacial score (nSPS) is 20.0. The van der Waals surface area contributed by atoms with Crippen LogP contribution in [0.2, 0.25) is 0 Å². The van der Waals surface area contributed by atoms with Crippen LogP contribution < -0.4 is 5.32 Å². The summed E-state index contributed by atoms with van der Waals surface area (Å²) in [5.74, 6) is 0.774. The Kier molecular flexibility index (Phi) is 7.26. The number of hydrogen-bond donors (Lipinski definition) is 1. The van der Waals surface area contributed by atoms with Gasteiger partial charge in [0, 0.05) is 39.5 Å². The Labute approximate surface area is 151 Å². The van der Waals surface area contributed by atoms with E-state index in [1.165, 1.54) is 32.6 Å². The molecule has 0 radical (unpaired) electrons. The molecular formula is C19H33N3O3. The molecule has 2 aliphatic rings. The Morgan fingerprint density at radius 2 is 1.56 bits per heavy atom. The first-order chi connectivity index (χ1) is 11.9. The minimum absolute atomic E-state index is 0.0387. The van der Waals surface area contributed by atoms with Gasteiger partial charge in [-0.05, 0) is 18.3 Å². The van der Waals surface area contributed by atoms with E-state index in [2.05, 4.69) is 5.32 Å². The fourth-order valence-corrected chi connectivity index (χ4v) is 3.89. The average Bonchev–Trinajstić information content (AvgIpc) is 3.10. The van der Waals surface area contributed by atoms with Gasteiger partial charge in [-0.3, -0.25) is 14.4 Å². The van der Waals surface area contributed by atoms with Gasteiger partial charge in [-0.2, -0.15) is 0 Å². The zero-order valence-corrected chi connectivity index (χ0v) is 15.9. The zero-order valence-electron chi connectivity index (χ0n) is 15.9. The quantitative estimate of drug-likeness (QED) is 0.793. The first-order valence-electron chi connectivity index (χ1n) is 9.72. The van der Waals surface area contributed by atoms with Crippen LogP contribution >= 0.6 is 0 Å². The van der Waals surface area contributed by atoms with Crippen LogP contribution in [0.1, 0.15) is 59.3 Å². The van der Waals surface area contributed by atoms with Crippen LogP contribution in [0, 0.1) is 11.8 Å². The van der Waals surface area contributed by atoms with E-state index in [0.29, 0.717) is 32.6 Å². The average molecular weight is 351 g/mol. The van der Waals surface area contributed by atoms with Crippen molar-refractivity contribution in [1.29, 1.82) is 0 Å². The third-order valence-corrected chi connectivity index (χ3v) is 5.48. The number of hydrogen-bond acceptors (Lipinski definition) is 3. The zero-order chi connectivity index (χ0) is 18.4. The van der Waals surface area contributed by atoms with Gasteiger partial charge in [0.2, 0.25) is 17.7 Å². The number of nitrogens with one attached hydrogen (secondary N) is 1. The molecule has 0 aromatic rings. The second-order valence-corrected chi connectivity index (χ2v) is 7.82. The van der Waals surface area contributed by atoms with Crippen LogP contribution in [-0.2, 0) is 14.4 Å².